The molecule has 2 N–H and O–H groups in total. The lowest BCUT2D eigenvalue weighted by atomic mass is 9.99. The fourth-order valence-corrected chi connectivity index (χ4v) is 0.585. The molecule has 0 spiro atoms. The van der Waals surface area contributed by atoms with Crippen molar-refractivity contribution in [2.75, 3.05) is 0 Å². The van der Waals surface area contributed by atoms with Crippen molar-refractivity contribution in [1.29, 1.82) is 0 Å². The normalized spacial score (nSPS) is 16.8. The first-order chi connectivity index (χ1) is 5.27. The van der Waals surface area contributed by atoms with Crippen LogP contribution in [0.15, 0.2) is 11.6 Å². The lowest BCUT2D eigenvalue weighted by Gasteiger charge is -2.14. The molecule has 0 aromatic carbocycles. The average Bonchev–Trinajstić information content (AvgIpc) is 1.85. The van der Waals surface area contributed by atoms with Crippen molar-refractivity contribution in [1.82, 2.24) is 0 Å². The van der Waals surface area contributed by atoms with Gasteiger partial charge in [-0.2, -0.15) is 0 Å². The minimum absolute atomic E-state index is 0.0461. The molecule has 0 amide bonds. The average molecular weight is 172 g/mol. The fraction of sp³-hybridized carbons (Fsp3) is 0.500. The number of aliphatic carboxylic acids is 1. The zero-order valence-corrected chi connectivity index (χ0v) is 7.29. The van der Waals surface area contributed by atoms with Gasteiger partial charge in [0.15, 0.2) is 5.78 Å². The monoisotopic (exact) mass is 172 g/mol. The van der Waals surface area contributed by atoms with Crippen LogP contribution in [0.3, 0.4) is 0 Å². The van der Waals surface area contributed by atoms with E-state index in [1.165, 1.54) is 20.8 Å². The Morgan fingerprint density at radius 2 is 1.75 bits per heavy atom. The van der Waals surface area contributed by atoms with Gasteiger partial charge in [0.2, 0.25) is 0 Å². The van der Waals surface area contributed by atoms with Gasteiger partial charge in [0, 0.05) is 5.57 Å². The minimum Gasteiger partial charge on any atom is -0.478 e. The molecule has 0 bridgehead atoms. The molecule has 0 aliphatic carbocycles. The van der Waals surface area contributed by atoms with E-state index in [1.807, 2.05) is 0 Å². The molecule has 4 heteroatoms. The van der Waals surface area contributed by atoms with Gasteiger partial charge in [-0.05, 0) is 26.8 Å². The SMILES string of the molecule is CC(=O)C(C)(O)C=C(C)C(=O)O. The molecule has 1 atom stereocenters. The molecule has 12 heavy (non-hydrogen) atoms. The maximum Gasteiger partial charge on any atom is 0.331 e. The zero-order chi connectivity index (χ0) is 9.94. The summed E-state index contributed by atoms with van der Waals surface area (Å²) < 4.78 is 0. The van der Waals surface area contributed by atoms with Gasteiger partial charge in [-0.3, -0.25) is 4.79 Å². The largest absolute Gasteiger partial charge is 0.478 e. The number of rotatable bonds is 3. The van der Waals surface area contributed by atoms with Crippen molar-refractivity contribution in [3.05, 3.63) is 11.6 Å². The van der Waals surface area contributed by atoms with Crippen LogP contribution in [0.1, 0.15) is 20.8 Å². The second-order valence-corrected chi connectivity index (χ2v) is 2.84. The summed E-state index contributed by atoms with van der Waals surface area (Å²) in [6, 6.07) is 0. The molecule has 0 aliphatic heterocycles. The van der Waals surface area contributed by atoms with E-state index in [0.29, 0.717) is 0 Å². The Hall–Kier alpha value is -1.16. The second kappa shape index (κ2) is 3.49. The Balaban J connectivity index is 4.73. The van der Waals surface area contributed by atoms with Gasteiger partial charge in [-0.25, -0.2) is 4.79 Å². The first kappa shape index (κ1) is 10.8. The summed E-state index contributed by atoms with van der Waals surface area (Å²) in [5.74, 6) is -1.63. The molecule has 0 heterocycles. The molecule has 68 valence electrons. The van der Waals surface area contributed by atoms with Crippen molar-refractivity contribution >= 4 is 11.8 Å². The number of carbonyl (C=O) groups is 2. The van der Waals surface area contributed by atoms with Crippen molar-refractivity contribution < 1.29 is 19.8 Å². The molecule has 1 unspecified atom stereocenters. The van der Waals surface area contributed by atoms with Gasteiger partial charge >= 0.3 is 5.97 Å². The van der Waals surface area contributed by atoms with Gasteiger partial charge in [-0.15, -0.1) is 0 Å². The highest BCUT2D eigenvalue weighted by Gasteiger charge is 2.24. The maximum absolute atomic E-state index is 10.7. The predicted molar refractivity (Wildman–Crippen MR) is 42.7 cm³/mol. The highest BCUT2D eigenvalue weighted by molar-refractivity contribution is 5.91. The van der Waals surface area contributed by atoms with E-state index < -0.39 is 17.4 Å². The van der Waals surface area contributed by atoms with Crippen molar-refractivity contribution in [3.63, 3.8) is 0 Å². The third-order valence-electron chi connectivity index (χ3n) is 1.55. The maximum atomic E-state index is 10.7. The van der Waals surface area contributed by atoms with Crippen LogP contribution in [0.4, 0.5) is 0 Å². The molecule has 4 nitrogen and oxygen atoms in total. The fourth-order valence-electron chi connectivity index (χ4n) is 0.585. The summed E-state index contributed by atoms with van der Waals surface area (Å²) in [7, 11) is 0. The summed E-state index contributed by atoms with van der Waals surface area (Å²) >= 11 is 0. The number of carboxylic acid groups (broad SMARTS) is 1. The lowest BCUT2D eigenvalue weighted by molar-refractivity contribution is -0.132. The molecule has 0 fully saturated rings. The molecule has 0 aromatic heterocycles. The third kappa shape index (κ3) is 2.84. The molecule has 0 saturated carbocycles. The number of aliphatic hydroxyl groups is 1. The van der Waals surface area contributed by atoms with Crippen LogP contribution < -0.4 is 0 Å². The van der Waals surface area contributed by atoms with Crippen molar-refractivity contribution in [2.45, 2.75) is 26.4 Å². The Labute approximate surface area is 70.5 Å². The summed E-state index contributed by atoms with van der Waals surface area (Å²) in [5, 5.41) is 17.8. The van der Waals surface area contributed by atoms with E-state index in [-0.39, 0.29) is 5.57 Å². The van der Waals surface area contributed by atoms with Gasteiger partial charge in [0.1, 0.15) is 5.60 Å². The smallest absolute Gasteiger partial charge is 0.331 e. The molecule has 0 aliphatic rings. The van der Waals surface area contributed by atoms with E-state index in [4.69, 9.17) is 5.11 Å². The highest BCUT2D eigenvalue weighted by Crippen LogP contribution is 2.10. The Morgan fingerprint density at radius 1 is 1.33 bits per heavy atom. The molecule has 0 saturated heterocycles. The van der Waals surface area contributed by atoms with Crippen LogP contribution >= 0.6 is 0 Å². The van der Waals surface area contributed by atoms with Crippen LogP contribution in [0, 0.1) is 0 Å². The third-order valence-corrected chi connectivity index (χ3v) is 1.55. The molecular weight excluding hydrogens is 160 g/mol. The van der Waals surface area contributed by atoms with Crippen molar-refractivity contribution in [2.24, 2.45) is 0 Å². The summed E-state index contributed by atoms with van der Waals surface area (Å²) in [6.07, 6.45) is 1.03. The van der Waals surface area contributed by atoms with E-state index in [0.717, 1.165) is 6.08 Å². The number of hydrogen-bond donors (Lipinski definition) is 2. The Bertz CT molecular complexity index is 237. The van der Waals surface area contributed by atoms with Crippen LogP contribution in [0.25, 0.3) is 0 Å². The molecule has 0 radical (unpaired) electrons. The zero-order valence-electron chi connectivity index (χ0n) is 7.29. The van der Waals surface area contributed by atoms with Crippen LogP contribution in [0.5, 0.6) is 0 Å². The van der Waals surface area contributed by atoms with E-state index in [9.17, 15) is 14.7 Å². The number of carbonyl (C=O) groups excluding carboxylic acids is 1. The van der Waals surface area contributed by atoms with Gasteiger partial charge in [0.25, 0.3) is 0 Å². The summed E-state index contributed by atoms with van der Waals surface area (Å²) in [5.41, 5.74) is -1.72. The number of ketones is 1. The number of hydrogen-bond acceptors (Lipinski definition) is 3. The molecular formula is C8H12O4. The summed E-state index contributed by atoms with van der Waals surface area (Å²) in [6.45, 7) is 3.77. The van der Waals surface area contributed by atoms with Crippen LogP contribution in [0.2, 0.25) is 0 Å². The van der Waals surface area contributed by atoms with Crippen molar-refractivity contribution in [3.8, 4) is 0 Å². The quantitative estimate of drug-likeness (QED) is 0.602. The number of Topliss-reactive ketones (excluding diaryl/α,β-unsaturated/α-hetero) is 1. The van der Waals surface area contributed by atoms with E-state index >= 15 is 0 Å². The molecule has 0 rings (SSSR count). The molecule has 0 aromatic rings. The topological polar surface area (TPSA) is 74.6 Å². The minimum atomic E-state index is -1.68. The Morgan fingerprint density at radius 3 is 2.00 bits per heavy atom. The van der Waals surface area contributed by atoms with E-state index in [2.05, 4.69) is 0 Å². The van der Waals surface area contributed by atoms with Gasteiger partial charge in [0.05, 0.1) is 0 Å². The van der Waals surface area contributed by atoms with Gasteiger partial charge in [-0.1, -0.05) is 0 Å². The highest BCUT2D eigenvalue weighted by atomic mass is 16.4. The number of carboxylic acids is 1. The first-order valence-electron chi connectivity index (χ1n) is 3.43. The predicted octanol–water partition coefficient (Wildman–Crippen LogP) is 0.357. The standard InChI is InChI=1S/C8H12O4/c1-5(7(10)11)4-8(3,12)6(2)9/h4,12H,1-3H3,(H,10,11). The van der Waals surface area contributed by atoms with Crippen LogP contribution in [-0.2, 0) is 9.59 Å². The van der Waals surface area contributed by atoms with E-state index in [1.54, 1.807) is 0 Å². The Kier molecular flexibility index (Phi) is 3.15. The lowest BCUT2D eigenvalue weighted by Crippen LogP contribution is -2.31. The van der Waals surface area contributed by atoms with Gasteiger partial charge < -0.3 is 10.2 Å². The van der Waals surface area contributed by atoms with Crippen LogP contribution in [-0.4, -0.2) is 27.6 Å². The first-order valence-corrected chi connectivity index (χ1v) is 3.43. The summed E-state index contributed by atoms with van der Waals surface area (Å²) in [4.78, 5) is 21.0. The second-order valence-electron chi connectivity index (χ2n) is 2.84.